The first-order chi connectivity index (χ1) is 9.33. The van der Waals surface area contributed by atoms with Gasteiger partial charge in [-0.15, -0.1) is 0 Å². The average Bonchev–Trinajstić information content (AvgIpc) is 2.65. The summed E-state index contributed by atoms with van der Waals surface area (Å²) in [6.45, 7) is 2.07. The standard InChI is InChI=1S/C13H24N2O4S/c14-13(12(16)17)5-1-3-11(13)4-7-15-6-2-9-20(18,19)10-8-15/h11H,1-10,14H2,(H,16,17). The zero-order chi connectivity index (χ0) is 14.8. The Labute approximate surface area is 120 Å². The highest BCUT2D eigenvalue weighted by Gasteiger charge is 2.45. The molecular weight excluding hydrogens is 280 g/mol. The van der Waals surface area contributed by atoms with Gasteiger partial charge in [-0.25, -0.2) is 8.42 Å². The van der Waals surface area contributed by atoms with Gasteiger partial charge in [0.15, 0.2) is 9.84 Å². The molecule has 1 aliphatic heterocycles. The van der Waals surface area contributed by atoms with Crippen LogP contribution in [0, 0.1) is 5.92 Å². The molecule has 6 nitrogen and oxygen atoms in total. The Morgan fingerprint density at radius 3 is 2.75 bits per heavy atom. The molecule has 1 saturated heterocycles. The Morgan fingerprint density at radius 2 is 2.05 bits per heavy atom. The van der Waals surface area contributed by atoms with Crippen molar-refractivity contribution < 1.29 is 18.3 Å². The Hall–Kier alpha value is -0.660. The third kappa shape index (κ3) is 3.51. The molecule has 0 aromatic carbocycles. The number of hydrogen-bond acceptors (Lipinski definition) is 5. The Morgan fingerprint density at radius 1 is 1.30 bits per heavy atom. The summed E-state index contributed by atoms with van der Waals surface area (Å²) in [4.78, 5) is 13.4. The molecule has 0 aromatic rings. The molecule has 3 N–H and O–H groups in total. The highest BCUT2D eigenvalue weighted by atomic mass is 32.2. The van der Waals surface area contributed by atoms with Crippen LogP contribution in [0.15, 0.2) is 0 Å². The van der Waals surface area contributed by atoms with Crippen molar-refractivity contribution in [3.8, 4) is 0 Å². The summed E-state index contributed by atoms with van der Waals surface area (Å²) in [7, 11) is -2.89. The fourth-order valence-electron chi connectivity index (χ4n) is 3.34. The van der Waals surface area contributed by atoms with Crippen molar-refractivity contribution in [2.75, 3.05) is 31.1 Å². The predicted molar refractivity (Wildman–Crippen MR) is 76.2 cm³/mol. The minimum atomic E-state index is -2.89. The van der Waals surface area contributed by atoms with Crippen molar-refractivity contribution in [1.82, 2.24) is 4.90 Å². The van der Waals surface area contributed by atoms with E-state index < -0.39 is 21.3 Å². The summed E-state index contributed by atoms with van der Waals surface area (Å²) in [5.41, 5.74) is 4.94. The largest absolute Gasteiger partial charge is 0.480 e. The summed E-state index contributed by atoms with van der Waals surface area (Å²) in [6, 6.07) is 0. The summed E-state index contributed by atoms with van der Waals surface area (Å²) in [5, 5.41) is 9.28. The monoisotopic (exact) mass is 304 g/mol. The number of nitrogens with zero attached hydrogens (tertiary/aromatic N) is 1. The quantitative estimate of drug-likeness (QED) is 0.763. The average molecular weight is 304 g/mol. The Balaban J connectivity index is 1.87. The highest BCUT2D eigenvalue weighted by Crippen LogP contribution is 2.36. The van der Waals surface area contributed by atoms with Crippen molar-refractivity contribution >= 4 is 15.8 Å². The van der Waals surface area contributed by atoms with Gasteiger partial charge in [-0.3, -0.25) is 4.79 Å². The molecule has 0 radical (unpaired) electrons. The molecule has 1 heterocycles. The lowest BCUT2D eigenvalue weighted by Crippen LogP contribution is -2.51. The van der Waals surface area contributed by atoms with Crippen LogP contribution in [0.2, 0.25) is 0 Å². The van der Waals surface area contributed by atoms with Gasteiger partial charge < -0.3 is 15.7 Å². The van der Waals surface area contributed by atoms with Crippen molar-refractivity contribution in [1.29, 1.82) is 0 Å². The van der Waals surface area contributed by atoms with E-state index in [0.29, 0.717) is 19.4 Å². The Kier molecular flexibility index (Phi) is 4.71. The first kappa shape index (κ1) is 15.7. The van der Waals surface area contributed by atoms with E-state index in [4.69, 9.17) is 5.73 Å². The molecule has 2 rings (SSSR count). The number of carboxylic acid groups (broad SMARTS) is 1. The van der Waals surface area contributed by atoms with Gasteiger partial charge in [-0.05, 0) is 44.7 Å². The van der Waals surface area contributed by atoms with Crippen molar-refractivity contribution in [3.05, 3.63) is 0 Å². The molecule has 7 heteroatoms. The van der Waals surface area contributed by atoms with Crippen LogP contribution in [-0.4, -0.2) is 61.1 Å². The number of nitrogens with two attached hydrogens (primary N) is 1. The van der Waals surface area contributed by atoms with E-state index in [1.165, 1.54) is 0 Å². The Bertz CT molecular complexity index is 465. The molecule has 20 heavy (non-hydrogen) atoms. The van der Waals surface area contributed by atoms with E-state index in [1.54, 1.807) is 0 Å². The second kappa shape index (κ2) is 5.99. The van der Waals surface area contributed by atoms with Crippen LogP contribution in [0.5, 0.6) is 0 Å². The summed E-state index contributed by atoms with van der Waals surface area (Å²) in [6.07, 6.45) is 3.67. The zero-order valence-corrected chi connectivity index (χ0v) is 12.6. The second-order valence-electron chi connectivity index (χ2n) is 6.07. The van der Waals surface area contributed by atoms with E-state index >= 15 is 0 Å². The zero-order valence-electron chi connectivity index (χ0n) is 11.8. The van der Waals surface area contributed by atoms with E-state index in [1.807, 2.05) is 0 Å². The van der Waals surface area contributed by atoms with Crippen LogP contribution in [0.3, 0.4) is 0 Å². The maximum Gasteiger partial charge on any atom is 0.323 e. The number of hydrogen-bond donors (Lipinski definition) is 2. The molecular formula is C13H24N2O4S. The third-order valence-corrected chi connectivity index (χ3v) is 6.43. The highest BCUT2D eigenvalue weighted by molar-refractivity contribution is 7.91. The fraction of sp³-hybridized carbons (Fsp3) is 0.923. The molecule has 0 amide bonds. The van der Waals surface area contributed by atoms with Crippen LogP contribution >= 0.6 is 0 Å². The van der Waals surface area contributed by atoms with Gasteiger partial charge in [-0.2, -0.15) is 0 Å². The first-order valence-electron chi connectivity index (χ1n) is 7.28. The van der Waals surface area contributed by atoms with Crippen LogP contribution in [-0.2, 0) is 14.6 Å². The van der Waals surface area contributed by atoms with Crippen LogP contribution in [0.25, 0.3) is 0 Å². The van der Waals surface area contributed by atoms with Gasteiger partial charge in [0, 0.05) is 6.54 Å². The van der Waals surface area contributed by atoms with E-state index in [-0.39, 0.29) is 17.4 Å². The van der Waals surface area contributed by atoms with Gasteiger partial charge in [0.25, 0.3) is 0 Å². The topological polar surface area (TPSA) is 101 Å². The number of rotatable bonds is 4. The normalized spacial score (nSPS) is 34.8. The molecule has 1 saturated carbocycles. The molecule has 2 aliphatic rings. The molecule has 0 spiro atoms. The van der Waals surface area contributed by atoms with E-state index in [9.17, 15) is 18.3 Å². The van der Waals surface area contributed by atoms with Gasteiger partial charge in [0.1, 0.15) is 5.54 Å². The van der Waals surface area contributed by atoms with Gasteiger partial charge in [0.05, 0.1) is 11.5 Å². The van der Waals surface area contributed by atoms with E-state index in [2.05, 4.69) is 4.90 Å². The molecule has 0 aromatic heterocycles. The summed E-state index contributed by atoms with van der Waals surface area (Å²) in [5.74, 6) is -0.425. The molecule has 2 fully saturated rings. The number of aliphatic carboxylic acids is 1. The number of sulfone groups is 1. The van der Waals surface area contributed by atoms with Crippen molar-refractivity contribution in [3.63, 3.8) is 0 Å². The third-order valence-electron chi connectivity index (χ3n) is 4.71. The van der Waals surface area contributed by atoms with Crippen LogP contribution < -0.4 is 5.73 Å². The van der Waals surface area contributed by atoms with Crippen LogP contribution in [0.1, 0.15) is 32.1 Å². The molecule has 1 aliphatic carbocycles. The maximum absolute atomic E-state index is 11.5. The summed E-state index contributed by atoms with van der Waals surface area (Å²) < 4.78 is 23.1. The molecule has 0 bridgehead atoms. The SMILES string of the molecule is NC1(C(=O)O)CCCC1CCN1CCCS(=O)(=O)CC1. The maximum atomic E-state index is 11.5. The lowest BCUT2D eigenvalue weighted by Gasteiger charge is -2.29. The van der Waals surface area contributed by atoms with Crippen molar-refractivity contribution in [2.24, 2.45) is 11.7 Å². The lowest BCUT2D eigenvalue weighted by atomic mass is 9.85. The van der Waals surface area contributed by atoms with Gasteiger partial charge in [-0.1, -0.05) is 6.42 Å². The van der Waals surface area contributed by atoms with Crippen molar-refractivity contribution in [2.45, 2.75) is 37.6 Å². The molecule has 2 unspecified atom stereocenters. The smallest absolute Gasteiger partial charge is 0.323 e. The first-order valence-corrected chi connectivity index (χ1v) is 9.11. The number of carboxylic acids is 1. The van der Waals surface area contributed by atoms with Crippen LogP contribution in [0.4, 0.5) is 0 Å². The molecule has 2 atom stereocenters. The fourth-order valence-corrected chi connectivity index (χ4v) is 4.65. The van der Waals surface area contributed by atoms with E-state index in [0.717, 1.165) is 32.4 Å². The summed E-state index contributed by atoms with van der Waals surface area (Å²) >= 11 is 0. The predicted octanol–water partition coefficient (Wildman–Crippen LogP) is 0.0792. The number of carbonyl (C=O) groups is 1. The minimum absolute atomic E-state index is 0.000129. The second-order valence-corrected chi connectivity index (χ2v) is 8.37. The molecule has 116 valence electrons. The van der Waals surface area contributed by atoms with Gasteiger partial charge in [0.2, 0.25) is 0 Å². The minimum Gasteiger partial charge on any atom is -0.480 e. The lowest BCUT2D eigenvalue weighted by molar-refractivity contribution is -0.144. The van der Waals surface area contributed by atoms with Gasteiger partial charge >= 0.3 is 5.97 Å².